The van der Waals surface area contributed by atoms with Crippen LogP contribution in [0.15, 0.2) is 60.7 Å². The number of hydrogen-bond donors (Lipinski definition) is 0. The van der Waals surface area contributed by atoms with Crippen LogP contribution in [-0.2, 0) is 11.8 Å². The van der Waals surface area contributed by atoms with Gasteiger partial charge in [0.05, 0.1) is 0 Å². The van der Waals surface area contributed by atoms with Crippen molar-refractivity contribution in [2.75, 3.05) is 0 Å². The molecule has 0 radical (unpaired) electrons. The highest BCUT2D eigenvalue weighted by Gasteiger charge is 2.31. The SMILES string of the molecule is CC1(C)Cc2ccccc2-c2ccc3ccccc3c21. The summed E-state index contributed by atoms with van der Waals surface area (Å²) in [4.78, 5) is 0. The quantitative estimate of drug-likeness (QED) is 0.510. The highest BCUT2D eigenvalue weighted by Crippen LogP contribution is 2.45. The van der Waals surface area contributed by atoms with Gasteiger partial charge in [0.1, 0.15) is 0 Å². The zero-order valence-corrected chi connectivity index (χ0v) is 12.0. The van der Waals surface area contributed by atoms with Crippen LogP contribution in [-0.4, -0.2) is 0 Å². The van der Waals surface area contributed by atoms with E-state index in [1.165, 1.54) is 33.0 Å². The molecule has 98 valence electrons. The Kier molecular flexibility index (Phi) is 2.32. The van der Waals surface area contributed by atoms with Gasteiger partial charge in [0.2, 0.25) is 0 Å². The van der Waals surface area contributed by atoms with Crippen molar-refractivity contribution in [2.45, 2.75) is 25.7 Å². The van der Waals surface area contributed by atoms with Crippen LogP contribution >= 0.6 is 0 Å². The maximum Gasteiger partial charge on any atom is -0.00507 e. The molecule has 3 aromatic carbocycles. The van der Waals surface area contributed by atoms with Gasteiger partial charge >= 0.3 is 0 Å². The monoisotopic (exact) mass is 258 g/mol. The summed E-state index contributed by atoms with van der Waals surface area (Å²) in [5.74, 6) is 0. The molecule has 0 amide bonds. The Bertz CT molecular complexity index is 809. The first-order valence-electron chi connectivity index (χ1n) is 7.27. The average molecular weight is 258 g/mol. The van der Waals surface area contributed by atoms with Gasteiger partial charge in [0.25, 0.3) is 0 Å². The summed E-state index contributed by atoms with van der Waals surface area (Å²) in [7, 11) is 0. The van der Waals surface area contributed by atoms with Gasteiger partial charge in [-0.15, -0.1) is 0 Å². The standard InChI is InChI=1S/C20H18/c1-20(2)13-15-8-4-5-9-16(15)18-12-11-14-7-3-6-10-17(14)19(18)20/h3-12H,13H2,1-2H3. The molecule has 1 aliphatic rings. The molecular weight excluding hydrogens is 240 g/mol. The zero-order valence-electron chi connectivity index (χ0n) is 12.0. The molecule has 0 atom stereocenters. The second-order valence-corrected chi connectivity index (χ2v) is 6.43. The third-order valence-corrected chi connectivity index (χ3v) is 4.55. The van der Waals surface area contributed by atoms with E-state index in [1.807, 2.05) is 0 Å². The Labute approximate surface area is 120 Å². The molecular formula is C20H18. The molecule has 20 heavy (non-hydrogen) atoms. The third-order valence-electron chi connectivity index (χ3n) is 4.55. The van der Waals surface area contributed by atoms with Crippen LogP contribution in [0.1, 0.15) is 25.0 Å². The van der Waals surface area contributed by atoms with Gasteiger partial charge in [0, 0.05) is 0 Å². The van der Waals surface area contributed by atoms with E-state index >= 15 is 0 Å². The summed E-state index contributed by atoms with van der Waals surface area (Å²) < 4.78 is 0. The Morgan fingerprint density at radius 1 is 0.750 bits per heavy atom. The first-order valence-corrected chi connectivity index (χ1v) is 7.27. The molecule has 0 aromatic heterocycles. The molecule has 0 fully saturated rings. The summed E-state index contributed by atoms with van der Waals surface area (Å²) in [5, 5.41) is 2.75. The highest BCUT2D eigenvalue weighted by atomic mass is 14.3. The molecule has 0 aliphatic heterocycles. The van der Waals surface area contributed by atoms with Gasteiger partial charge in [-0.25, -0.2) is 0 Å². The number of fused-ring (bicyclic) bond motifs is 5. The van der Waals surface area contributed by atoms with Gasteiger partial charge in [-0.2, -0.15) is 0 Å². The first kappa shape index (κ1) is 11.7. The maximum absolute atomic E-state index is 2.37. The van der Waals surface area contributed by atoms with Crippen molar-refractivity contribution >= 4 is 10.8 Å². The molecule has 0 saturated heterocycles. The molecule has 0 bridgehead atoms. The largest absolute Gasteiger partial charge is 0.0620 e. The second-order valence-electron chi connectivity index (χ2n) is 6.43. The van der Waals surface area contributed by atoms with E-state index in [-0.39, 0.29) is 5.41 Å². The van der Waals surface area contributed by atoms with Crippen molar-refractivity contribution in [1.29, 1.82) is 0 Å². The summed E-state index contributed by atoms with van der Waals surface area (Å²) in [6.45, 7) is 4.74. The van der Waals surface area contributed by atoms with Gasteiger partial charge < -0.3 is 0 Å². The van der Waals surface area contributed by atoms with Gasteiger partial charge in [-0.05, 0) is 44.9 Å². The smallest absolute Gasteiger partial charge is 0.00507 e. The number of hydrogen-bond acceptors (Lipinski definition) is 0. The van der Waals surface area contributed by atoms with Crippen molar-refractivity contribution < 1.29 is 0 Å². The van der Waals surface area contributed by atoms with Crippen molar-refractivity contribution in [3.8, 4) is 11.1 Å². The Morgan fingerprint density at radius 2 is 1.50 bits per heavy atom. The minimum absolute atomic E-state index is 0.185. The van der Waals surface area contributed by atoms with Crippen LogP contribution in [0.2, 0.25) is 0 Å². The van der Waals surface area contributed by atoms with Crippen molar-refractivity contribution in [1.82, 2.24) is 0 Å². The Balaban J connectivity index is 2.16. The van der Waals surface area contributed by atoms with Crippen LogP contribution in [0.3, 0.4) is 0 Å². The van der Waals surface area contributed by atoms with E-state index in [0.29, 0.717) is 0 Å². The van der Waals surface area contributed by atoms with E-state index in [4.69, 9.17) is 0 Å². The molecule has 3 aromatic rings. The molecule has 4 rings (SSSR count). The van der Waals surface area contributed by atoms with Crippen LogP contribution in [0.4, 0.5) is 0 Å². The molecule has 0 nitrogen and oxygen atoms in total. The zero-order chi connectivity index (χ0) is 13.7. The van der Waals surface area contributed by atoms with E-state index in [1.54, 1.807) is 0 Å². The van der Waals surface area contributed by atoms with E-state index in [2.05, 4.69) is 74.5 Å². The maximum atomic E-state index is 2.37. The first-order chi connectivity index (χ1) is 9.67. The predicted molar refractivity (Wildman–Crippen MR) is 86.1 cm³/mol. The van der Waals surface area contributed by atoms with Gasteiger partial charge in [-0.3, -0.25) is 0 Å². The fraction of sp³-hybridized carbons (Fsp3) is 0.200. The fourth-order valence-electron chi connectivity index (χ4n) is 3.73. The topological polar surface area (TPSA) is 0 Å². The van der Waals surface area contributed by atoms with Gasteiger partial charge in [-0.1, -0.05) is 74.5 Å². The summed E-state index contributed by atoms with van der Waals surface area (Å²) >= 11 is 0. The molecule has 0 unspecified atom stereocenters. The van der Waals surface area contributed by atoms with Crippen molar-refractivity contribution in [3.05, 3.63) is 71.8 Å². The summed E-state index contributed by atoms with van der Waals surface area (Å²) in [6.07, 6.45) is 1.12. The predicted octanol–water partition coefficient (Wildman–Crippen LogP) is 5.34. The Morgan fingerprint density at radius 3 is 2.40 bits per heavy atom. The third kappa shape index (κ3) is 1.54. The van der Waals surface area contributed by atoms with Crippen LogP contribution in [0.5, 0.6) is 0 Å². The van der Waals surface area contributed by atoms with E-state index in [0.717, 1.165) is 6.42 Å². The fourth-order valence-corrected chi connectivity index (χ4v) is 3.73. The number of rotatable bonds is 0. The van der Waals surface area contributed by atoms with Crippen molar-refractivity contribution in [2.24, 2.45) is 0 Å². The molecule has 0 saturated carbocycles. The molecule has 0 heterocycles. The second kappa shape index (κ2) is 3.96. The molecule has 0 spiro atoms. The van der Waals surface area contributed by atoms with E-state index in [9.17, 15) is 0 Å². The average Bonchev–Trinajstić information content (AvgIpc) is 2.46. The molecule has 0 N–H and O–H groups in total. The lowest BCUT2D eigenvalue weighted by atomic mass is 9.68. The summed E-state index contributed by atoms with van der Waals surface area (Å²) in [6, 6.07) is 22.2. The van der Waals surface area contributed by atoms with E-state index < -0.39 is 0 Å². The lowest BCUT2D eigenvalue weighted by Crippen LogP contribution is -2.25. The van der Waals surface area contributed by atoms with Crippen LogP contribution < -0.4 is 0 Å². The lowest BCUT2D eigenvalue weighted by Gasteiger charge is -2.35. The van der Waals surface area contributed by atoms with Crippen LogP contribution in [0, 0.1) is 0 Å². The van der Waals surface area contributed by atoms with Gasteiger partial charge in [0.15, 0.2) is 0 Å². The minimum Gasteiger partial charge on any atom is -0.0620 e. The summed E-state index contributed by atoms with van der Waals surface area (Å²) in [5.41, 5.74) is 5.99. The Hall–Kier alpha value is -2.08. The van der Waals surface area contributed by atoms with Crippen molar-refractivity contribution in [3.63, 3.8) is 0 Å². The number of benzene rings is 3. The molecule has 1 aliphatic carbocycles. The normalized spacial score (nSPS) is 15.7. The lowest BCUT2D eigenvalue weighted by molar-refractivity contribution is 0.522. The van der Waals surface area contributed by atoms with Crippen LogP contribution in [0.25, 0.3) is 21.9 Å². The highest BCUT2D eigenvalue weighted by molar-refractivity contribution is 5.94. The minimum atomic E-state index is 0.185. The molecule has 0 heteroatoms.